The quantitative estimate of drug-likeness (QED) is 0.832. The monoisotopic (exact) mass is 277 g/mol. The largest absolute Gasteiger partial charge is 0.492 e. The number of para-hydroxylation sites is 1. The normalized spacial score (nSPS) is 22.9. The zero-order valence-electron chi connectivity index (χ0n) is 12.0. The van der Waals surface area contributed by atoms with Gasteiger partial charge in [-0.25, -0.2) is 0 Å². The molecule has 4 heteroatoms. The molecule has 1 aromatic rings. The van der Waals surface area contributed by atoms with Gasteiger partial charge in [-0.15, -0.1) is 0 Å². The molecule has 1 atom stereocenters. The van der Waals surface area contributed by atoms with E-state index in [1.807, 2.05) is 37.3 Å². The highest BCUT2D eigenvalue weighted by atomic mass is 16.5. The molecule has 1 N–H and O–H groups in total. The maximum atomic E-state index is 11.5. The Hall–Kier alpha value is -1.55. The number of carboxylic acids is 1. The Labute approximate surface area is 120 Å². The minimum absolute atomic E-state index is 0.540. The van der Waals surface area contributed by atoms with Gasteiger partial charge in [-0.1, -0.05) is 31.5 Å². The molecule has 1 saturated heterocycles. The van der Waals surface area contributed by atoms with E-state index in [0.29, 0.717) is 13.2 Å². The summed E-state index contributed by atoms with van der Waals surface area (Å²) in [6.45, 7) is 4.93. The van der Waals surface area contributed by atoms with Crippen LogP contribution in [0.2, 0.25) is 0 Å². The van der Waals surface area contributed by atoms with Crippen LogP contribution in [0.3, 0.4) is 0 Å². The maximum absolute atomic E-state index is 11.5. The summed E-state index contributed by atoms with van der Waals surface area (Å²) < 4.78 is 5.67. The first-order valence-electron chi connectivity index (χ1n) is 7.30. The van der Waals surface area contributed by atoms with Gasteiger partial charge in [0, 0.05) is 13.1 Å². The molecule has 0 saturated carbocycles. The summed E-state index contributed by atoms with van der Waals surface area (Å²) in [5, 5.41) is 9.46. The van der Waals surface area contributed by atoms with Crippen molar-refractivity contribution in [2.75, 3.05) is 26.2 Å². The van der Waals surface area contributed by atoms with Crippen molar-refractivity contribution in [3.05, 3.63) is 30.3 Å². The average Bonchev–Trinajstić information content (AvgIpc) is 2.85. The summed E-state index contributed by atoms with van der Waals surface area (Å²) in [7, 11) is 0. The molecule has 2 rings (SSSR count). The van der Waals surface area contributed by atoms with E-state index in [1.165, 1.54) is 0 Å². The average molecular weight is 277 g/mol. The fourth-order valence-electron chi connectivity index (χ4n) is 2.92. The van der Waals surface area contributed by atoms with Crippen molar-refractivity contribution in [3.8, 4) is 5.75 Å². The van der Waals surface area contributed by atoms with E-state index in [2.05, 4.69) is 4.90 Å². The lowest BCUT2D eigenvalue weighted by Crippen LogP contribution is -2.35. The summed E-state index contributed by atoms with van der Waals surface area (Å²) in [5.41, 5.74) is -0.540. The van der Waals surface area contributed by atoms with E-state index in [-0.39, 0.29) is 0 Å². The van der Waals surface area contributed by atoms with Crippen molar-refractivity contribution in [3.63, 3.8) is 0 Å². The van der Waals surface area contributed by atoms with E-state index in [4.69, 9.17) is 4.74 Å². The van der Waals surface area contributed by atoms with Crippen LogP contribution in [-0.4, -0.2) is 42.2 Å². The molecule has 1 aromatic carbocycles. The van der Waals surface area contributed by atoms with Crippen LogP contribution in [0.15, 0.2) is 30.3 Å². The van der Waals surface area contributed by atoms with Crippen molar-refractivity contribution in [1.82, 2.24) is 4.90 Å². The number of hydrogen-bond acceptors (Lipinski definition) is 3. The fourth-order valence-corrected chi connectivity index (χ4v) is 2.92. The van der Waals surface area contributed by atoms with Crippen LogP contribution in [0.4, 0.5) is 0 Å². The van der Waals surface area contributed by atoms with Gasteiger partial charge in [0.15, 0.2) is 0 Å². The second-order valence-corrected chi connectivity index (χ2v) is 5.52. The Balaban J connectivity index is 1.79. The number of rotatable bonds is 7. The number of carbonyl (C=O) groups is 1. The summed E-state index contributed by atoms with van der Waals surface area (Å²) >= 11 is 0. The van der Waals surface area contributed by atoms with Gasteiger partial charge in [-0.3, -0.25) is 9.69 Å². The van der Waals surface area contributed by atoms with Gasteiger partial charge in [0.05, 0.1) is 5.41 Å². The predicted octanol–water partition coefficient (Wildman–Crippen LogP) is 2.64. The summed E-state index contributed by atoms with van der Waals surface area (Å²) in [5.74, 6) is 0.218. The Morgan fingerprint density at radius 1 is 1.40 bits per heavy atom. The number of likely N-dealkylation sites (tertiary alicyclic amines) is 1. The molecule has 110 valence electrons. The SMILES string of the molecule is CCCC1(C(=O)O)CCN(CCOc2ccccc2)C1. The fraction of sp³-hybridized carbons (Fsp3) is 0.562. The molecule has 0 bridgehead atoms. The summed E-state index contributed by atoms with van der Waals surface area (Å²) in [4.78, 5) is 13.7. The zero-order chi connectivity index (χ0) is 14.4. The number of ether oxygens (including phenoxy) is 1. The molecule has 0 radical (unpaired) electrons. The second-order valence-electron chi connectivity index (χ2n) is 5.52. The van der Waals surface area contributed by atoms with Gasteiger partial charge < -0.3 is 9.84 Å². The van der Waals surface area contributed by atoms with Crippen molar-refractivity contribution in [1.29, 1.82) is 0 Å². The third-order valence-corrected chi connectivity index (χ3v) is 4.03. The lowest BCUT2D eigenvalue weighted by atomic mass is 9.83. The first kappa shape index (κ1) is 14.9. The molecule has 1 unspecified atom stereocenters. The van der Waals surface area contributed by atoms with Gasteiger partial charge in [0.1, 0.15) is 12.4 Å². The van der Waals surface area contributed by atoms with E-state index in [0.717, 1.165) is 38.1 Å². The van der Waals surface area contributed by atoms with Crippen LogP contribution in [-0.2, 0) is 4.79 Å². The minimum Gasteiger partial charge on any atom is -0.492 e. The van der Waals surface area contributed by atoms with Crippen LogP contribution >= 0.6 is 0 Å². The highest BCUT2D eigenvalue weighted by Crippen LogP contribution is 2.35. The molecule has 0 aromatic heterocycles. The van der Waals surface area contributed by atoms with Crippen LogP contribution in [0.25, 0.3) is 0 Å². The lowest BCUT2D eigenvalue weighted by Gasteiger charge is -2.24. The van der Waals surface area contributed by atoms with Crippen LogP contribution in [0.5, 0.6) is 5.75 Å². The number of carboxylic acid groups (broad SMARTS) is 1. The molecule has 1 heterocycles. The summed E-state index contributed by atoms with van der Waals surface area (Å²) in [6.07, 6.45) is 2.43. The number of aliphatic carboxylic acids is 1. The van der Waals surface area contributed by atoms with Crippen LogP contribution < -0.4 is 4.74 Å². The van der Waals surface area contributed by atoms with E-state index < -0.39 is 11.4 Å². The lowest BCUT2D eigenvalue weighted by molar-refractivity contribution is -0.148. The maximum Gasteiger partial charge on any atom is 0.310 e. The highest BCUT2D eigenvalue weighted by molar-refractivity contribution is 5.75. The van der Waals surface area contributed by atoms with E-state index >= 15 is 0 Å². The molecule has 0 amide bonds. The van der Waals surface area contributed by atoms with E-state index in [1.54, 1.807) is 0 Å². The van der Waals surface area contributed by atoms with Crippen molar-refractivity contribution < 1.29 is 14.6 Å². The van der Waals surface area contributed by atoms with Gasteiger partial charge in [-0.05, 0) is 31.5 Å². The smallest absolute Gasteiger partial charge is 0.310 e. The van der Waals surface area contributed by atoms with Crippen LogP contribution in [0, 0.1) is 5.41 Å². The van der Waals surface area contributed by atoms with Crippen LogP contribution in [0.1, 0.15) is 26.2 Å². The molecule has 1 aliphatic rings. The van der Waals surface area contributed by atoms with Gasteiger partial charge in [-0.2, -0.15) is 0 Å². The zero-order valence-corrected chi connectivity index (χ0v) is 12.0. The Bertz CT molecular complexity index is 435. The van der Waals surface area contributed by atoms with Gasteiger partial charge in [0.25, 0.3) is 0 Å². The topological polar surface area (TPSA) is 49.8 Å². The molecular weight excluding hydrogens is 254 g/mol. The van der Waals surface area contributed by atoms with Crippen molar-refractivity contribution in [2.24, 2.45) is 5.41 Å². The van der Waals surface area contributed by atoms with Crippen molar-refractivity contribution >= 4 is 5.97 Å². The number of hydrogen-bond donors (Lipinski definition) is 1. The third-order valence-electron chi connectivity index (χ3n) is 4.03. The molecule has 20 heavy (non-hydrogen) atoms. The number of benzene rings is 1. The molecular formula is C16H23NO3. The van der Waals surface area contributed by atoms with Crippen molar-refractivity contribution in [2.45, 2.75) is 26.2 Å². The second kappa shape index (κ2) is 6.75. The standard InChI is InChI=1S/C16H23NO3/c1-2-8-16(15(18)19)9-10-17(13-16)11-12-20-14-6-4-3-5-7-14/h3-7H,2,8-13H2,1H3,(H,18,19). The first-order valence-corrected chi connectivity index (χ1v) is 7.30. The molecule has 1 aliphatic heterocycles. The predicted molar refractivity (Wildman–Crippen MR) is 78.0 cm³/mol. The Kier molecular flexibility index (Phi) is 5.01. The third kappa shape index (κ3) is 3.51. The first-order chi connectivity index (χ1) is 9.66. The van der Waals surface area contributed by atoms with Gasteiger partial charge in [0.2, 0.25) is 0 Å². The molecule has 4 nitrogen and oxygen atoms in total. The van der Waals surface area contributed by atoms with E-state index in [9.17, 15) is 9.90 Å². The molecule has 1 fully saturated rings. The Morgan fingerprint density at radius 2 is 2.15 bits per heavy atom. The van der Waals surface area contributed by atoms with Gasteiger partial charge >= 0.3 is 5.97 Å². The molecule has 0 spiro atoms. The summed E-state index contributed by atoms with van der Waals surface area (Å²) in [6, 6.07) is 9.72. The highest BCUT2D eigenvalue weighted by Gasteiger charge is 2.43. The minimum atomic E-state index is -0.647. The molecule has 0 aliphatic carbocycles. The Morgan fingerprint density at radius 3 is 2.80 bits per heavy atom. The number of nitrogens with zero attached hydrogens (tertiary/aromatic N) is 1.